The summed E-state index contributed by atoms with van der Waals surface area (Å²) in [4.78, 5) is 19.4. The van der Waals surface area contributed by atoms with Gasteiger partial charge in [-0.3, -0.25) is 4.68 Å². The number of hydrogen-bond donors (Lipinski definition) is 2. The molecule has 0 aliphatic heterocycles. The van der Waals surface area contributed by atoms with Crippen LogP contribution in [-0.2, 0) is 7.05 Å². The van der Waals surface area contributed by atoms with Gasteiger partial charge >= 0.3 is 5.76 Å². The third kappa shape index (κ3) is 2.54. The summed E-state index contributed by atoms with van der Waals surface area (Å²) >= 11 is 0. The highest BCUT2D eigenvalue weighted by molar-refractivity contribution is 5.87. The minimum absolute atomic E-state index is 0.162. The Hall–Kier alpha value is -3.94. The highest BCUT2D eigenvalue weighted by Crippen LogP contribution is 2.33. The van der Waals surface area contributed by atoms with Crippen molar-refractivity contribution in [3.8, 4) is 34.2 Å². The first kappa shape index (κ1) is 15.3. The van der Waals surface area contributed by atoms with Gasteiger partial charge in [0.1, 0.15) is 17.2 Å². The lowest BCUT2D eigenvalue weighted by Gasteiger charge is -2.01. The fourth-order valence-electron chi connectivity index (χ4n) is 3.10. The molecule has 8 nitrogen and oxygen atoms in total. The number of nitrogens with zero attached hydrogens (tertiary/aromatic N) is 4. The first-order chi connectivity index (χ1) is 13.2. The van der Waals surface area contributed by atoms with Crippen LogP contribution < -0.4 is 5.76 Å². The maximum Gasteiger partial charge on any atom is 0.434 e. The Morgan fingerprint density at radius 3 is 2.70 bits per heavy atom. The standard InChI is InChI=1S/C19H14N6O2/c1-25-14-9-12(7-8-13(14)10-20-25)15-16(18-23-24-19(26)27-18)22-17(21-15)11-5-3-2-4-6-11/h2-10H,1H3,(H,21,22)(H,24,26). The lowest BCUT2D eigenvalue weighted by atomic mass is 10.1. The Bertz CT molecular complexity index is 1310. The molecule has 0 fully saturated rings. The van der Waals surface area contributed by atoms with Crippen LogP contribution in [0.5, 0.6) is 0 Å². The Balaban J connectivity index is 1.74. The second kappa shape index (κ2) is 5.80. The van der Waals surface area contributed by atoms with Gasteiger partial charge in [-0.15, -0.1) is 5.10 Å². The van der Waals surface area contributed by atoms with Crippen LogP contribution in [0.15, 0.2) is 63.9 Å². The summed E-state index contributed by atoms with van der Waals surface area (Å²) < 4.78 is 6.97. The van der Waals surface area contributed by atoms with Gasteiger partial charge in [0.05, 0.1) is 11.7 Å². The number of aromatic amines is 2. The molecule has 0 saturated carbocycles. The molecule has 2 N–H and O–H groups in total. The normalized spacial score (nSPS) is 11.3. The Morgan fingerprint density at radius 2 is 1.93 bits per heavy atom. The molecular formula is C19H14N6O2. The van der Waals surface area contributed by atoms with Crippen LogP contribution >= 0.6 is 0 Å². The molecule has 0 atom stereocenters. The van der Waals surface area contributed by atoms with E-state index in [1.54, 1.807) is 4.68 Å². The molecule has 5 aromatic rings. The van der Waals surface area contributed by atoms with Crippen LogP contribution in [-0.4, -0.2) is 29.9 Å². The van der Waals surface area contributed by atoms with E-state index in [1.807, 2.05) is 61.8 Å². The van der Waals surface area contributed by atoms with Gasteiger partial charge < -0.3 is 9.40 Å². The number of benzene rings is 2. The average molecular weight is 358 g/mol. The monoisotopic (exact) mass is 358 g/mol. The molecule has 0 unspecified atom stereocenters. The predicted molar refractivity (Wildman–Crippen MR) is 99.8 cm³/mol. The van der Waals surface area contributed by atoms with Gasteiger partial charge in [0, 0.05) is 23.6 Å². The van der Waals surface area contributed by atoms with Crippen molar-refractivity contribution in [2.45, 2.75) is 0 Å². The van der Waals surface area contributed by atoms with Crippen LogP contribution in [0, 0.1) is 0 Å². The van der Waals surface area contributed by atoms with Gasteiger partial charge in [-0.05, 0) is 6.07 Å². The average Bonchev–Trinajstić information content (AvgIpc) is 3.41. The minimum Gasteiger partial charge on any atom is -0.386 e. The molecule has 132 valence electrons. The van der Waals surface area contributed by atoms with E-state index in [4.69, 9.17) is 9.40 Å². The third-order valence-electron chi connectivity index (χ3n) is 4.43. The zero-order valence-electron chi connectivity index (χ0n) is 14.3. The molecule has 0 saturated heterocycles. The van der Waals surface area contributed by atoms with Crippen molar-refractivity contribution in [1.29, 1.82) is 0 Å². The van der Waals surface area contributed by atoms with Gasteiger partial charge in [-0.1, -0.05) is 42.5 Å². The van der Waals surface area contributed by atoms with E-state index in [0.29, 0.717) is 17.2 Å². The van der Waals surface area contributed by atoms with Crippen LogP contribution in [0.2, 0.25) is 0 Å². The van der Waals surface area contributed by atoms with Crippen molar-refractivity contribution >= 4 is 10.9 Å². The molecule has 0 aliphatic rings. The quantitative estimate of drug-likeness (QED) is 0.516. The molecule has 0 spiro atoms. The lowest BCUT2D eigenvalue weighted by molar-refractivity contribution is 0.525. The highest BCUT2D eigenvalue weighted by atomic mass is 16.4. The van der Waals surface area contributed by atoms with E-state index in [2.05, 4.69) is 20.3 Å². The number of hydrogen-bond acceptors (Lipinski definition) is 5. The Kier molecular flexibility index (Phi) is 3.29. The van der Waals surface area contributed by atoms with E-state index < -0.39 is 5.76 Å². The highest BCUT2D eigenvalue weighted by Gasteiger charge is 2.20. The Labute approximate surface area is 152 Å². The molecule has 3 aromatic heterocycles. The third-order valence-corrected chi connectivity index (χ3v) is 4.43. The number of fused-ring (bicyclic) bond motifs is 1. The summed E-state index contributed by atoms with van der Waals surface area (Å²) in [6.07, 6.45) is 1.81. The van der Waals surface area contributed by atoms with E-state index in [9.17, 15) is 4.79 Å². The number of H-pyrrole nitrogens is 2. The van der Waals surface area contributed by atoms with E-state index in [1.165, 1.54) is 0 Å². The summed E-state index contributed by atoms with van der Waals surface area (Å²) in [7, 11) is 1.89. The minimum atomic E-state index is -0.617. The molecular weight excluding hydrogens is 344 g/mol. The van der Waals surface area contributed by atoms with Crippen molar-refractivity contribution in [1.82, 2.24) is 29.9 Å². The topological polar surface area (TPSA) is 105 Å². The van der Waals surface area contributed by atoms with Crippen LogP contribution in [0.25, 0.3) is 45.1 Å². The number of nitrogens with one attached hydrogen (secondary N) is 2. The first-order valence-electron chi connectivity index (χ1n) is 8.32. The number of imidazole rings is 1. The molecule has 2 aromatic carbocycles. The predicted octanol–water partition coefficient (Wildman–Crippen LogP) is 2.97. The SMILES string of the molecule is Cn1ncc2ccc(-c3nc(-c4ccccc4)[nH]c3-c3n[nH]c(=O)o3)cc21. The van der Waals surface area contributed by atoms with Gasteiger partial charge in [0.15, 0.2) is 0 Å². The molecule has 0 bridgehead atoms. The van der Waals surface area contributed by atoms with E-state index >= 15 is 0 Å². The molecule has 27 heavy (non-hydrogen) atoms. The van der Waals surface area contributed by atoms with Crippen LogP contribution in [0.3, 0.4) is 0 Å². The smallest absolute Gasteiger partial charge is 0.386 e. The van der Waals surface area contributed by atoms with Crippen molar-refractivity contribution in [2.24, 2.45) is 7.05 Å². The van der Waals surface area contributed by atoms with E-state index in [0.717, 1.165) is 22.0 Å². The maximum atomic E-state index is 11.4. The number of aromatic nitrogens is 6. The summed E-state index contributed by atoms with van der Waals surface area (Å²) in [5.41, 5.74) is 3.95. The second-order valence-corrected chi connectivity index (χ2v) is 6.14. The molecule has 0 aliphatic carbocycles. The van der Waals surface area contributed by atoms with Gasteiger partial charge in [-0.2, -0.15) is 5.10 Å². The largest absolute Gasteiger partial charge is 0.434 e. The van der Waals surface area contributed by atoms with Crippen LogP contribution in [0.4, 0.5) is 0 Å². The first-order valence-corrected chi connectivity index (χ1v) is 8.32. The Morgan fingerprint density at radius 1 is 1.07 bits per heavy atom. The summed E-state index contributed by atoms with van der Waals surface area (Å²) in [5, 5.41) is 11.6. The fraction of sp³-hybridized carbons (Fsp3) is 0.0526. The molecule has 0 amide bonds. The lowest BCUT2D eigenvalue weighted by Crippen LogP contribution is -1.93. The molecule has 5 rings (SSSR count). The number of rotatable bonds is 3. The van der Waals surface area contributed by atoms with Crippen molar-refractivity contribution in [2.75, 3.05) is 0 Å². The molecule has 3 heterocycles. The zero-order valence-corrected chi connectivity index (χ0v) is 14.3. The summed E-state index contributed by atoms with van der Waals surface area (Å²) in [6.45, 7) is 0. The second-order valence-electron chi connectivity index (χ2n) is 6.14. The van der Waals surface area contributed by atoms with Gasteiger partial charge in [0.25, 0.3) is 5.89 Å². The van der Waals surface area contributed by atoms with Crippen molar-refractivity contribution in [3.63, 3.8) is 0 Å². The summed E-state index contributed by atoms with van der Waals surface area (Å²) in [6, 6.07) is 15.7. The number of aryl methyl sites for hydroxylation is 1. The fourth-order valence-corrected chi connectivity index (χ4v) is 3.10. The van der Waals surface area contributed by atoms with Crippen molar-refractivity contribution in [3.05, 3.63) is 65.3 Å². The molecule has 8 heteroatoms. The van der Waals surface area contributed by atoms with Crippen molar-refractivity contribution < 1.29 is 4.42 Å². The molecule has 0 radical (unpaired) electrons. The van der Waals surface area contributed by atoms with Gasteiger partial charge in [0.2, 0.25) is 0 Å². The zero-order chi connectivity index (χ0) is 18.4. The van der Waals surface area contributed by atoms with Gasteiger partial charge in [-0.25, -0.2) is 14.9 Å². The summed E-state index contributed by atoms with van der Waals surface area (Å²) in [5.74, 6) is 0.208. The van der Waals surface area contributed by atoms with Crippen LogP contribution in [0.1, 0.15) is 0 Å². The van der Waals surface area contributed by atoms with E-state index in [-0.39, 0.29) is 5.89 Å². The maximum absolute atomic E-state index is 11.4.